The number of nitrogens with zero attached hydrogens (tertiary/aromatic N) is 4. The minimum absolute atomic E-state index is 0.106. The van der Waals surface area contributed by atoms with Crippen molar-refractivity contribution in [2.24, 2.45) is 0 Å². The summed E-state index contributed by atoms with van der Waals surface area (Å²) in [7, 11) is 0. The largest absolute Gasteiger partial charge is 0.384 e. The van der Waals surface area contributed by atoms with Gasteiger partial charge in [0.05, 0.1) is 35.1 Å². The summed E-state index contributed by atoms with van der Waals surface area (Å²) in [6.45, 7) is 9.62. The fourth-order valence-electron chi connectivity index (χ4n) is 3.59. The Morgan fingerprint density at radius 1 is 1.08 bits per heavy atom. The summed E-state index contributed by atoms with van der Waals surface area (Å²) in [4.78, 5) is 19.7. The van der Waals surface area contributed by atoms with E-state index in [1.54, 1.807) is 0 Å². The number of carbonyl (C=O) groups is 1. The van der Waals surface area contributed by atoms with Gasteiger partial charge in [0.15, 0.2) is 5.65 Å². The second-order valence-corrected chi connectivity index (χ2v) is 7.13. The molecule has 1 aliphatic heterocycles. The van der Waals surface area contributed by atoms with Crippen molar-refractivity contribution in [3.05, 3.63) is 17.5 Å². The van der Waals surface area contributed by atoms with Crippen molar-refractivity contribution in [2.75, 3.05) is 18.4 Å². The molecule has 1 N–H and O–H groups in total. The highest BCUT2D eigenvalue weighted by Crippen LogP contribution is 2.34. The molecule has 142 valence electrons. The smallest absolute Gasteiger partial charge is 0.258 e. The highest BCUT2D eigenvalue weighted by Gasteiger charge is 2.33. The molecule has 0 radical (unpaired) electrons. The van der Waals surface area contributed by atoms with Crippen molar-refractivity contribution in [1.82, 2.24) is 19.7 Å². The molecule has 1 aliphatic rings. The van der Waals surface area contributed by atoms with Gasteiger partial charge in [-0.2, -0.15) is 5.10 Å². The molecule has 0 aromatic carbocycles. The number of rotatable bonds is 10. The first-order valence-electron chi connectivity index (χ1n) is 10.1. The van der Waals surface area contributed by atoms with E-state index in [0.29, 0.717) is 6.54 Å². The topological polar surface area (TPSA) is 63.1 Å². The second-order valence-electron chi connectivity index (χ2n) is 7.13. The van der Waals surface area contributed by atoms with Crippen LogP contribution in [0.4, 0.5) is 5.69 Å². The van der Waals surface area contributed by atoms with Crippen LogP contribution in [-0.2, 0) is 13.1 Å². The van der Waals surface area contributed by atoms with Gasteiger partial charge in [0.2, 0.25) is 0 Å². The molecule has 3 rings (SSSR count). The van der Waals surface area contributed by atoms with Crippen LogP contribution in [0.2, 0.25) is 0 Å². The molecule has 0 atom stereocenters. The molecule has 3 heterocycles. The molecular formula is C20H31N5O. The summed E-state index contributed by atoms with van der Waals surface area (Å²) in [5.74, 6) is 0.106. The molecule has 1 amide bonds. The van der Waals surface area contributed by atoms with Crippen molar-refractivity contribution < 1.29 is 4.79 Å². The number of nitrogens with one attached hydrogen (secondary N) is 1. The fourth-order valence-corrected chi connectivity index (χ4v) is 3.59. The van der Waals surface area contributed by atoms with Gasteiger partial charge >= 0.3 is 0 Å². The van der Waals surface area contributed by atoms with Gasteiger partial charge in [-0.15, -0.1) is 0 Å². The minimum Gasteiger partial charge on any atom is -0.384 e. The molecule has 2 aromatic heterocycles. The summed E-state index contributed by atoms with van der Waals surface area (Å²) in [6.07, 6.45) is 8.52. The van der Waals surface area contributed by atoms with Crippen LogP contribution in [0, 0.1) is 0 Å². The predicted molar refractivity (Wildman–Crippen MR) is 105 cm³/mol. The van der Waals surface area contributed by atoms with E-state index in [4.69, 9.17) is 4.98 Å². The molecule has 0 unspecified atom stereocenters. The maximum atomic E-state index is 12.9. The molecule has 26 heavy (non-hydrogen) atoms. The Hall–Kier alpha value is -2.11. The van der Waals surface area contributed by atoms with E-state index in [-0.39, 0.29) is 5.91 Å². The SMILES string of the molecule is CCCCCn1ncc2c(NCCCC)c3c(nc21)CN(CCC)C3=O. The Bertz CT molecular complexity index is 767. The Morgan fingerprint density at radius 2 is 1.88 bits per heavy atom. The van der Waals surface area contributed by atoms with Crippen LogP contribution in [0.5, 0.6) is 0 Å². The van der Waals surface area contributed by atoms with Gasteiger partial charge in [-0.25, -0.2) is 9.67 Å². The maximum absolute atomic E-state index is 12.9. The van der Waals surface area contributed by atoms with Crippen molar-refractivity contribution >= 4 is 22.6 Å². The van der Waals surface area contributed by atoms with Crippen LogP contribution < -0.4 is 5.32 Å². The lowest BCUT2D eigenvalue weighted by Crippen LogP contribution is -2.24. The zero-order valence-electron chi connectivity index (χ0n) is 16.3. The number of amides is 1. The standard InChI is InChI=1S/C20H31N5O/c1-4-7-9-12-25-19-15(13-22-25)18(21-10-8-5-2)17-16(23-19)14-24(11-6-3)20(17)26/h13H,4-12,14H2,1-3H3,(H,21,23). The van der Waals surface area contributed by atoms with Crippen LogP contribution in [0.25, 0.3) is 11.0 Å². The lowest BCUT2D eigenvalue weighted by Gasteiger charge is -2.14. The van der Waals surface area contributed by atoms with Gasteiger partial charge < -0.3 is 10.2 Å². The Labute approximate surface area is 156 Å². The zero-order valence-corrected chi connectivity index (χ0v) is 16.3. The molecule has 2 aromatic rings. The van der Waals surface area contributed by atoms with Crippen molar-refractivity contribution in [3.8, 4) is 0 Å². The average molecular weight is 358 g/mol. The van der Waals surface area contributed by atoms with Crippen LogP contribution >= 0.6 is 0 Å². The molecule has 6 nitrogen and oxygen atoms in total. The monoisotopic (exact) mass is 357 g/mol. The van der Waals surface area contributed by atoms with Gasteiger partial charge in [0.1, 0.15) is 0 Å². The Balaban J connectivity index is 2.00. The third-order valence-corrected chi connectivity index (χ3v) is 5.00. The van der Waals surface area contributed by atoms with E-state index in [1.165, 1.54) is 12.8 Å². The molecule has 0 fully saturated rings. The number of fused-ring (bicyclic) bond motifs is 2. The average Bonchev–Trinajstić information content (AvgIpc) is 3.17. The first kappa shape index (κ1) is 18.7. The van der Waals surface area contributed by atoms with Crippen LogP contribution in [0.3, 0.4) is 0 Å². The van der Waals surface area contributed by atoms with Crippen molar-refractivity contribution in [1.29, 1.82) is 0 Å². The Kier molecular flexibility index (Phi) is 6.12. The van der Waals surface area contributed by atoms with Crippen LogP contribution in [0.1, 0.15) is 75.3 Å². The van der Waals surface area contributed by atoms with E-state index in [1.807, 2.05) is 15.8 Å². The third kappa shape index (κ3) is 3.55. The minimum atomic E-state index is 0.106. The number of aryl methyl sites for hydroxylation is 1. The van der Waals surface area contributed by atoms with E-state index < -0.39 is 0 Å². The Morgan fingerprint density at radius 3 is 2.62 bits per heavy atom. The number of carbonyl (C=O) groups excluding carboxylic acids is 1. The number of hydrogen-bond acceptors (Lipinski definition) is 4. The van der Waals surface area contributed by atoms with E-state index in [2.05, 4.69) is 31.2 Å². The first-order chi connectivity index (χ1) is 12.7. The summed E-state index contributed by atoms with van der Waals surface area (Å²) >= 11 is 0. The van der Waals surface area contributed by atoms with Gasteiger partial charge in [-0.3, -0.25) is 4.79 Å². The lowest BCUT2D eigenvalue weighted by atomic mass is 10.1. The first-order valence-corrected chi connectivity index (χ1v) is 10.1. The third-order valence-electron chi connectivity index (χ3n) is 5.00. The molecule has 0 bridgehead atoms. The zero-order chi connectivity index (χ0) is 18.5. The van der Waals surface area contributed by atoms with Gasteiger partial charge in [0.25, 0.3) is 5.91 Å². The predicted octanol–water partition coefficient (Wildman–Crippen LogP) is 4.20. The molecule has 6 heteroatoms. The summed E-state index contributed by atoms with van der Waals surface area (Å²) < 4.78 is 2.00. The number of anilines is 1. The van der Waals surface area contributed by atoms with E-state index in [0.717, 1.165) is 73.3 Å². The number of unbranched alkanes of at least 4 members (excludes halogenated alkanes) is 3. The van der Waals surface area contributed by atoms with E-state index >= 15 is 0 Å². The molecule has 0 spiro atoms. The summed E-state index contributed by atoms with van der Waals surface area (Å²) in [6, 6.07) is 0. The normalized spacial score (nSPS) is 13.7. The number of hydrogen-bond donors (Lipinski definition) is 1. The van der Waals surface area contributed by atoms with E-state index in [9.17, 15) is 4.79 Å². The maximum Gasteiger partial charge on any atom is 0.258 e. The number of pyridine rings is 1. The summed E-state index contributed by atoms with van der Waals surface area (Å²) in [5.41, 5.74) is 3.50. The molecule has 0 aliphatic carbocycles. The lowest BCUT2D eigenvalue weighted by molar-refractivity contribution is 0.0779. The second kappa shape index (κ2) is 8.52. The molecule has 0 saturated heterocycles. The number of aromatic nitrogens is 3. The van der Waals surface area contributed by atoms with Crippen LogP contribution in [0.15, 0.2) is 6.20 Å². The van der Waals surface area contributed by atoms with Gasteiger partial charge in [-0.05, 0) is 19.3 Å². The highest BCUT2D eigenvalue weighted by molar-refractivity contribution is 6.09. The summed E-state index contributed by atoms with van der Waals surface area (Å²) in [5, 5.41) is 9.06. The van der Waals surface area contributed by atoms with Crippen LogP contribution in [-0.4, -0.2) is 38.7 Å². The van der Waals surface area contributed by atoms with Crippen molar-refractivity contribution in [2.45, 2.75) is 72.4 Å². The highest BCUT2D eigenvalue weighted by atomic mass is 16.2. The molecular weight excluding hydrogens is 326 g/mol. The van der Waals surface area contributed by atoms with Gasteiger partial charge in [0, 0.05) is 19.6 Å². The quantitative estimate of drug-likeness (QED) is 0.647. The van der Waals surface area contributed by atoms with Crippen molar-refractivity contribution in [3.63, 3.8) is 0 Å². The molecule has 0 saturated carbocycles. The van der Waals surface area contributed by atoms with Gasteiger partial charge in [-0.1, -0.05) is 40.0 Å². The fraction of sp³-hybridized carbons (Fsp3) is 0.650.